The van der Waals surface area contributed by atoms with Gasteiger partial charge in [-0.2, -0.15) is 0 Å². The minimum Gasteiger partial charge on any atom is -0.389 e. The lowest BCUT2D eigenvalue weighted by atomic mass is 9.88. The zero-order valence-corrected chi connectivity index (χ0v) is 11.0. The minimum atomic E-state index is -0.547. The van der Waals surface area contributed by atoms with Gasteiger partial charge < -0.3 is 5.11 Å². The van der Waals surface area contributed by atoms with E-state index in [1.165, 1.54) is 12.8 Å². The molecule has 1 saturated heterocycles. The zero-order valence-electron chi connectivity index (χ0n) is 11.0. The number of rotatable bonds is 3. The molecule has 0 bridgehead atoms. The maximum atomic E-state index is 10.3. The molecule has 0 saturated carbocycles. The summed E-state index contributed by atoms with van der Waals surface area (Å²) in [5.41, 5.74) is -0.547. The molecule has 0 radical (unpaired) electrons. The van der Waals surface area contributed by atoms with E-state index in [-0.39, 0.29) is 0 Å². The molecule has 0 aromatic rings. The number of β-amino-alcohol motifs (C(OH)–C–C–N with tert-alkyl or cyclic N) is 1. The highest BCUT2D eigenvalue weighted by atomic mass is 16.3. The quantitative estimate of drug-likeness (QED) is 0.778. The second-order valence-corrected chi connectivity index (χ2v) is 5.96. The highest BCUT2D eigenvalue weighted by molar-refractivity contribution is 4.85. The Balaban J connectivity index is 2.51. The van der Waals surface area contributed by atoms with Gasteiger partial charge in [-0.25, -0.2) is 0 Å². The van der Waals surface area contributed by atoms with Crippen molar-refractivity contribution >= 4 is 0 Å². The fourth-order valence-electron chi connectivity index (χ4n) is 2.28. The van der Waals surface area contributed by atoms with Crippen LogP contribution in [0.5, 0.6) is 0 Å². The molecule has 0 aliphatic carbocycles. The summed E-state index contributed by atoms with van der Waals surface area (Å²) in [7, 11) is 0. The Morgan fingerprint density at radius 3 is 2.47 bits per heavy atom. The summed E-state index contributed by atoms with van der Waals surface area (Å²) in [5, 5.41) is 10.3. The van der Waals surface area contributed by atoms with Gasteiger partial charge in [-0.1, -0.05) is 20.8 Å². The van der Waals surface area contributed by atoms with Crippen LogP contribution in [0, 0.1) is 11.8 Å². The van der Waals surface area contributed by atoms with Gasteiger partial charge in [0.2, 0.25) is 0 Å². The number of nitrogens with zero attached hydrogens (tertiary/aromatic N) is 1. The van der Waals surface area contributed by atoms with Crippen molar-refractivity contribution in [3.63, 3.8) is 0 Å². The largest absolute Gasteiger partial charge is 0.389 e. The van der Waals surface area contributed by atoms with Crippen molar-refractivity contribution in [2.24, 2.45) is 11.8 Å². The number of piperidine rings is 1. The van der Waals surface area contributed by atoms with Crippen LogP contribution >= 0.6 is 0 Å². The van der Waals surface area contributed by atoms with E-state index in [1.54, 1.807) is 0 Å². The van der Waals surface area contributed by atoms with Crippen molar-refractivity contribution in [1.29, 1.82) is 0 Å². The van der Waals surface area contributed by atoms with Crippen molar-refractivity contribution in [3.05, 3.63) is 0 Å². The third-order valence-corrected chi connectivity index (χ3v) is 4.04. The first-order chi connectivity index (χ1) is 6.83. The predicted octanol–water partition coefficient (Wildman–Crippen LogP) is 2.51. The molecule has 1 aliphatic rings. The van der Waals surface area contributed by atoms with E-state index in [4.69, 9.17) is 0 Å². The Bertz CT molecular complexity index is 201. The molecule has 2 heteroatoms. The molecular formula is C13H27NO. The first-order valence-corrected chi connectivity index (χ1v) is 6.29. The number of aliphatic hydroxyl groups is 1. The maximum Gasteiger partial charge on any atom is 0.0768 e. The summed E-state index contributed by atoms with van der Waals surface area (Å²) in [4.78, 5) is 2.44. The maximum absolute atomic E-state index is 10.3. The lowest BCUT2D eigenvalue weighted by Gasteiger charge is -2.41. The van der Waals surface area contributed by atoms with Crippen molar-refractivity contribution in [1.82, 2.24) is 4.90 Å². The second-order valence-electron chi connectivity index (χ2n) is 5.96. The van der Waals surface area contributed by atoms with E-state index in [2.05, 4.69) is 32.6 Å². The first kappa shape index (κ1) is 13.0. The van der Waals surface area contributed by atoms with Crippen molar-refractivity contribution in [3.8, 4) is 0 Å². The van der Waals surface area contributed by atoms with Gasteiger partial charge in [-0.15, -0.1) is 0 Å². The van der Waals surface area contributed by atoms with Gasteiger partial charge in [-0.05, 0) is 45.1 Å². The zero-order chi connectivity index (χ0) is 11.6. The molecule has 0 spiro atoms. The molecule has 3 unspecified atom stereocenters. The first-order valence-electron chi connectivity index (χ1n) is 6.29. The van der Waals surface area contributed by atoms with Crippen LogP contribution < -0.4 is 0 Å². The highest BCUT2D eigenvalue weighted by Crippen LogP contribution is 2.26. The SMILES string of the molecule is CC1CCN(CC(C)(O)C(C)C)C(C)C1. The summed E-state index contributed by atoms with van der Waals surface area (Å²) >= 11 is 0. The molecule has 15 heavy (non-hydrogen) atoms. The third kappa shape index (κ3) is 3.46. The Labute approximate surface area is 94.7 Å². The van der Waals surface area contributed by atoms with E-state index in [0.717, 1.165) is 19.0 Å². The molecule has 90 valence electrons. The van der Waals surface area contributed by atoms with Crippen LogP contribution in [0.25, 0.3) is 0 Å². The molecule has 0 aromatic heterocycles. The molecule has 0 amide bonds. The van der Waals surface area contributed by atoms with Gasteiger partial charge in [0.15, 0.2) is 0 Å². The van der Waals surface area contributed by atoms with Crippen LogP contribution in [0.1, 0.15) is 47.5 Å². The number of hydrogen-bond acceptors (Lipinski definition) is 2. The Morgan fingerprint density at radius 2 is 2.00 bits per heavy atom. The van der Waals surface area contributed by atoms with E-state index in [1.807, 2.05) is 6.92 Å². The molecule has 3 atom stereocenters. The molecule has 1 N–H and O–H groups in total. The van der Waals surface area contributed by atoms with Gasteiger partial charge in [0.25, 0.3) is 0 Å². The van der Waals surface area contributed by atoms with E-state index in [0.29, 0.717) is 12.0 Å². The smallest absolute Gasteiger partial charge is 0.0768 e. The summed E-state index contributed by atoms with van der Waals surface area (Å²) in [5.74, 6) is 1.17. The average Bonchev–Trinajstić information content (AvgIpc) is 2.09. The number of likely N-dealkylation sites (tertiary alicyclic amines) is 1. The molecular weight excluding hydrogens is 186 g/mol. The van der Waals surface area contributed by atoms with Crippen molar-refractivity contribution in [2.45, 2.75) is 59.1 Å². The topological polar surface area (TPSA) is 23.5 Å². The van der Waals surface area contributed by atoms with Crippen LogP contribution in [-0.4, -0.2) is 34.7 Å². The van der Waals surface area contributed by atoms with Gasteiger partial charge in [0.05, 0.1) is 5.60 Å². The molecule has 1 aliphatic heterocycles. The standard InChI is InChI=1S/C13H27NO/c1-10(2)13(5,15)9-14-7-6-11(3)8-12(14)4/h10-12,15H,6-9H2,1-5H3. The van der Waals surface area contributed by atoms with Crippen LogP contribution in [-0.2, 0) is 0 Å². The third-order valence-electron chi connectivity index (χ3n) is 4.04. The van der Waals surface area contributed by atoms with Crippen LogP contribution in [0.4, 0.5) is 0 Å². The minimum absolute atomic E-state index is 0.323. The molecule has 1 rings (SSSR count). The lowest BCUT2D eigenvalue weighted by molar-refractivity contribution is -0.0375. The summed E-state index contributed by atoms with van der Waals surface area (Å²) in [6.07, 6.45) is 2.55. The van der Waals surface area contributed by atoms with E-state index in [9.17, 15) is 5.11 Å². The Hall–Kier alpha value is -0.0800. The summed E-state index contributed by atoms with van der Waals surface area (Å²) < 4.78 is 0. The lowest BCUT2D eigenvalue weighted by Crippen LogP contribution is -2.50. The number of hydrogen-bond donors (Lipinski definition) is 1. The fourth-order valence-corrected chi connectivity index (χ4v) is 2.28. The molecule has 0 aromatic carbocycles. The van der Waals surface area contributed by atoms with E-state index >= 15 is 0 Å². The van der Waals surface area contributed by atoms with Crippen LogP contribution in [0.15, 0.2) is 0 Å². The monoisotopic (exact) mass is 213 g/mol. The Morgan fingerprint density at radius 1 is 1.40 bits per heavy atom. The predicted molar refractivity (Wildman–Crippen MR) is 64.9 cm³/mol. The van der Waals surface area contributed by atoms with Gasteiger partial charge >= 0.3 is 0 Å². The van der Waals surface area contributed by atoms with Crippen LogP contribution in [0.2, 0.25) is 0 Å². The second kappa shape index (κ2) is 4.84. The normalized spacial score (nSPS) is 33.0. The van der Waals surface area contributed by atoms with Gasteiger partial charge in [0.1, 0.15) is 0 Å². The Kier molecular flexibility index (Phi) is 4.19. The molecule has 1 heterocycles. The highest BCUT2D eigenvalue weighted by Gasteiger charge is 2.31. The van der Waals surface area contributed by atoms with Gasteiger partial charge in [0, 0.05) is 12.6 Å². The average molecular weight is 213 g/mol. The van der Waals surface area contributed by atoms with Gasteiger partial charge in [-0.3, -0.25) is 4.90 Å². The van der Waals surface area contributed by atoms with E-state index < -0.39 is 5.60 Å². The summed E-state index contributed by atoms with van der Waals surface area (Å²) in [6, 6.07) is 0.624. The fraction of sp³-hybridized carbons (Fsp3) is 1.00. The van der Waals surface area contributed by atoms with Crippen molar-refractivity contribution in [2.75, 3.05) is 13.1 Å². The molecule has 2 nitrogen and oxygen atoms in total. The molecule has 1 fully saturated rings. The summed E-state index contributed by atoms with van der Waals surface area (Å²) in [6.45, 7) is 12.7. The van der Waals surface area contributed by atoms with Crippen molar-refractivity contribution < 1.29 is 5.11 Å². The van der Waals surface area contributed by atoms with Crippen LogP contribution in [0.3, 0.4) is 0 Å².